The van der Waals surface area contributed by atoms with Gasteiger partial charge in [0, 0.05) is 20.8 Å². The van der Waals surface area contributed by atoms with Gasteiger partial charge < -0.3 is 19.9 Å². The highest BCUT2D eigenvalue weighted by atomic mass is 16.5. The van der Waals surface area contributed by atoms with Crippen LogP contribution in [0.15, 0.2) is 0 Å². The highest BCUT2D eigenvalue weighted by Crippen LogP contribution is 2.16. The topological polar surface area (TPSA) is 67.8 Å². The molecule has 0 saturated carbocycles. The minimum absolute atomic E-state index is 0.0633. The molecule has 2 N–H and O–H groups in total. The zero-order chi connectivity index (χ0) is 13.3. The SMILES string of the molecule is COC(C)NC(=O)C(CCCCO)C(C)OC. The molecule has 0 fully saturated rings. The van der Waals surface area contributed by atoms with E-state index < -0.39 is 0 Å². The Kier molecular flexibility index (Phi) is 9.03. The number of ether oxygens (including phenoxy) is 2. The third-order valence-corrected chi connectivity index (χ3v) is 2.90. The highest BCUT2D eigenvalue weighted by molar-refractivity contribution is 5.79. The van der Waals surface area contributed by atoms with E-state index in [2.05, 4.69) is 5.32 Å². The number of methoxy groups -OCH3 is 2. The molecule has 102 valence electrons. The van der Waals surface area contributed by atoms with Crippen molar-refractivity contribution in [2.45, 2.75) is 45.4 Å². The van der Waals surface area contributed by atoms with Gasteiger partial charge in [0.05, 0.1) is 12.0 Å². The third-order valence-electron chi connectivity index (χ3n) is 2.90. The van der Waals surface area contributed by atoms with Crippen LogP contribution < -0.4 is 5.32 Å². The number of hydrogen-bond acceptors (Lipinski definition) is 4. The van der Waals surface area contributed by atoms with Gasteiger partial charge in [-0.1, -0.05) is 6.42 Å². The molecule has 1 amide bonds. The molecule has 0 heterocycles. The van der Waals surface area contributed by atoms with Crippen molar-refractivity contribution in [1.29, 1.82) is 0 Å². The van der Waals surface area contributed by atoms with E-state index in [1.165, 1.54) is 0 Å². The van der Waals surface area contributed by atoms with E-state index in [1.807, 2.05) is 6.92 Å². The van der Waals surface area contributed by atoms with Gasteiger partial charge in [-0.2, -0.15) is 0 Å². The summed E-state index contributed by atoms with van der Waals surface area (Å²) >= 11 is 0. The van der Waals surface area contributed by atoms with Gasteiger partial charge in [-0.25, -0.2) is 0 Å². The fourth-order valence-corrected chi connectivity index (χ4v) is 1.59. The van der Waals surface area contributed by atoms with Crippen LogP contribution in [0.5, 0.6) is 0 Å². The van der Waals surface area contributed by atoms with Crippen LogP contribution in [0, 0.1) is 5.92 Å². The number of hydrogen-bond donors (Lipinski definition) is 2. The Morgan fingerprint density at radius 3 is 2.35 bits per heavy atom. The van der Waals surface area contributed by atoms with Crippen LogP contribution in [-0.2, 0) is 14.3 Å². The standard InChI is InChI=1S/C12H25NO4/c1-9(16-3)11(7-5-6-8-14)12(15)13-10(2)17-4/h9-11,14H,5-8H2,1-4H3,(H,13,15). The highest BCUT2D eigenvalue weighted by Gasteiger charge is 2.25. The van der Waals surface area contributed by atoms with Crippen molar-refractivity contribution < 1.29 is 19.4 Å². The number of carbonyl (C=O) groups is 1. The molecule has 0 aliphatic rings. The molecule has 3 atom stereocenters. The number of nitrogens with one attached hydrogen (secondary N) is 1. The number of amides is 1. The minimum atomic E-state index is -0.299. The second-order valence-corrected chi connectivity index (χ2v) is 4.15. The molecular weight excluding hydrogens is 222 g/mol. The fourth-order valence-electron chi connectivity index (χ4n) is 1.59. The Hall–Kier alpha value is -0.650. The van der Waals surface area contributed by atoms with Crippen molar-refractivity contribution in [1.82, 2.24) is 5.32 Å². The zero-order valence-electron chi connectivity index (χ0n) is 11.2. The first-order valence-corrected chi connectivity index (χ1v) is 6.03. The molecule has 0 rings (SSSR count). The van der Waals surface area contributed by atoms with Gasteiger partial charge in [0.25, 0.3) is 0 Å². The van der Waals surface area contributed by atoms with Crippen molar-refractivity contribution in [3.8, 4) is 0 Å². The number of aliphatic hydroxyl groups is 1. The molecule has 0 saturated heterocycles. The maximum Gasteiger partial charge on any atom is 0.227 e. The average Bonchev–Trinajstić information content (AvgIpc) is 2.33. The minimum Gasteiger partial charge on any atom is -0.396 e. The lowest BCUT2D eigenvalue weighted by atomic mass is 9.95. The van der Waals surface area contributed by atoms with E-state index >= 15 is 0 Å². The van der Waals surface area contributed by atoms with E-state index in [0.29, 0.717) is 12.8 Å². The Morgan fingerprint density at radius 2 is 1.88 bits per heavy atom. The molecule has 17 heavy (non-hydrogen) atoms. The molecule has 3 unspecified atom stereocenters. The van der Waals surface area contributed by atoms with Gasteiger partial charge in [-0.05, 0) is 26.7 Å². The maximum absolute atomic E-state index is 12.0. The van der Waals surface area contributed by atoms with Crippen LogP contribution in [0.2, 0.25) is 0 Å². The summed E-state index contributed by atoms with van der Waals surface area (Å²) < 4.78 is 10.2. The van der Waals surface area contributed by atoms with E-state index in [1.54, 1.807) is 21.1 Å². The molecule has 0 aliphatic heterocycles. The van der Waals surface area contributed by atoms with Crippen LogP contribution in [0.3, 0.4) is 0 Å². The van der Waals surface area contributed by atoms with E-state index in [-0.39, 0.29) is 30.8 Å². The van der Waals surface area contributed by atoms with Gasteiger partial charge in [-0.3, -0.25) is 4.79 Å². The van der Waals surface area contributed by atoms with Crippen molar-refractivity contribution >= 4 is 5.91 Å². The van der Waals surface area contributed by atoms with Crippen LogP contribution in [0.25, 0.3) is 0 Å². The molecule has 5 heteroatoms. The van der Waals surface area contributed by atoms with Gasteiger partial charge in [-0.15, -0.1) is 0 Å². The Morgan fingerprint density at radius 1 is 1.24 bits per heavy atom. The Balaban J connectivity index is 4.29. The molecule has 0 spiro atoms. The quantitative estimate of drug-likeness (QED) is 0.469. The molecular formula is C12H25NO4. The smallest absolute Gasteiger partial charge is 0.227 e. The number of carbonyl (C=O) groups excluding carboxylic acids is 1. The summed E-state index contributed by atoms with van der Waals surface area (Å²) in [5, 5.41) is 11.5. The molecule has 0 aromatic rings. The molecule has 0 aromatic heterocycles. The monoisotopic (exact) mass is 247 g/mol. The Labute approximate surface area is 103 Å². The lowest BCUT2D eigenvalue weighted by molar-refractivity contribution is -0.132. The van der Waals surface area contributed by atoms with Crippen LogP contribution in [0.1, 0.15) is 33.1 Å². The van der Waals surface area contributed by atoms with Crippen molar-refractivity contribution in [2.24, 2.45) is 5.92 Å². The summed E-state index contributed by atoms with van der Waals surface area (Å²) in [5.41, 5.74) is 0. The lowest BCUT2D eigenvalue weighted by Crippen LogP contribution is -2.42. The number of aliphatic hydroxyl groups excluding tert-OH is 1. The predicted molar refractivity (Wildman–Crippen MR) is 65.5 cm³/mol. The first-order valence-electron chi connectivity index (χ1n) is 6.03. The van der Waals surface area contributed by atoms with Crippen molar-refractivity contribution in [3.63, 3.8) is 0 Å². The summed E-state index contributed by atoms with van der Waals surface area (Å²) in [6.07, 6.45) is 1.78. The molecule has 0 radical (unpaired) electrons. The van der Waals surface area contributed by atoms with Crippen LogP contribution in [0.4, 0.5) is 0 Å². The van der Waals surface area contributed by atoms with E-state index in [0.717, 1.165) is 6.42 Å². The van der Waals surface area contributed by atoms with Crippen LogP contribution >= 0.6 is 0 Å². The summed E-state index contributed by atoms with van der Waals surface area (Å²) in [6.45, 7) is 3.81. The van der Waals surface area contributed by atoms with Crippen LogP contribution in [-0.4, -0.2) is 44.2 Å². The Bertz CT molecular complexity index is 211. The first-order chi connectivity index (χ1) is 8.06. The number of rotatable bonds is 9. The van der Waals surface area contributed by atoms with E-state index in [9.17, 15) is 4.79 Å². The van der Waals surface area contributed by atoms with E-state index in [4.69, 9.17) is 14.6 Å². The summed E-state index contributed by atoms with van der Waals surface area (Å²) in [4.78, 5) is 12.0. The number of unbranched alkanes of at least 4 members (excludes halogenated alkanes) is 1. The molecule has 0 aliphatic carbocycles. The third kappa shape index (κ3) is 6.61. The zero-order valence-corrected chi connectivity index (χ0v) is 11.2. The maximum atomic E-state index is 12.0. The largest absolute Gasteiger partial charge is 0.396 e. The average molecular weight is 247 g/mol. The summed E-state index contributed by atoms with van der Waals surface area (Å²) in [5.74, 6) is -0.268. The van der Waals surface area contributed by atoms with Crippen molar-refractivity contribution in [3.05, 3.63) is 0 Å². The summed E-state index contributed by atoms with van der Waals surface area (Å²) in [6, 6.07) is 0. The molecule has 5 nitrogen and oxygen atoms in total. The molecule has 0 bridgehead atoms. The second kappa shape index (κ2) is 9.39. The van der Waals surface area contributed by atoms with Gasteiger partial charge >= 0.3 is 0 Å². The normalized spacial score (nSPS) is 16.3. The lowest BCUT2D eigenvalue weighted by Gasteiger charge is -2.23. The van der Waals surface area contributed by atoms with Gasteiger partial charge in [0.1, 0.15) is 6.23 Å². The second-order valence-electron chi connectivity index (χ2n) is 4.15. The summed E-state index contributed by atoms with van der Waals surface area (Å²) in [7, 11) is 3.14. The van der Waals surface area contributed by atoms with Gasteiger partial charge in [0.2, 0.25) is 5.91 Å². The van der Waals surface area contributed by atoms with Crippen molar-refractivity contribution in [2.75, 3.05) is 20.8 Å². The first kappa shape index (κ1) is 16.4. The predicted octanol–water partition coefficient (Wildman–Crippen LogP) is 0.909. The van der Waals surface area contributed by atoms with Gasteiger partial charge in [0.15, 0.2) is 0 Å². The fraction of sp³-hybridized carbons (Fsp3) is 0.917. The molecule has 0 aromatic carbocycles.